The summed E-state index contributed by atoms with van der Waals surface area (Å²) in [6.07, 6.45) is 51.4. The highest BCUT2D eigenvalue weighted by molar-refractivity contribution is 5.30. The lowest BCUT2D eigenvalue weighted by Gasteiger charge is -2.27. The number of unbranched alkanes of at least 4 members (excludes halogenated alkanes) is 3. The molecule has 0 aromatic heterocycles. The molecule has 0 N–H and O–H groups in total. The molecule has 85 heavy (non-hydrogen) atoms. The number of aryl methyl sites for hydroxylation is 5. The normalized spacial score (nSPS) is 24.7. The van der Waals surface area contributed by atoms with Gasteiger partial charge in [-0.15, -0.1) is 26.3 Å². The molecule has 10 rings (SSSR count). The zero-order valence-corrected chi connectivity index (χ0v) is 55.1. The molecule has 0 bridgehead atoms. The molecule has 0 aliphatic heterocycles. The van der Waals surface area contributed by atoms with Crippen LogP contribution in [0.3, 0.4) is 0 Å². The molecule has 5 fully saturated rings. The molecule has 0 amide bonds. The smallest absolute Gasteiger partial charge is 0.0162 e. The van der Waals surface area contributed by atoms with Gasteiger partial charge in [-0.05, 0) is 285 Å². The van der Waals surface area contributed by atoms with Gasteiger partial charge in [-0.3, -0.25) is 0 Å². The molecule has 0 nitrogen and oxygen atoms in total. The molecule has 5 aliphatic carbocycles. The molecule has 0 radical (unpaired) electrons. The molecule has 0 unspecified atom stereocenters. The average molecular weight is 1140 g/mol. The fraction of sp³-hybridized carbons (Fsp3) is 0.529. The summed E-state index contributed by atoms with van der Waals surface area (Å²) in [5.41, 5.74) is 15.0. The molecule has 5 aliphatic rings. The minimum Gasteiger partial charge on any atom is -0.103 e. The van der Waals surface area contributed by atoms with Crippen LogP contribution in [-0.2, 0) is 19.3 Å². The molecule has 0 heteroatoms. The van der Waals surface area contributed by atoms with E-state index in [-0.39, 0.29) is 0 Å². The van der Waals surface area contributed by atoms with Gasteiger partial charge in [0.1, 0.15) is 0 Å². The van der Waals surface area contributed by atoms with Crippen molar-refractivity contribution < 1.29 is 0 Å². The maximum Gasteiger partial charge on any atom is -0.0162 e. The van der Waals surface area contributed by atoms with Crippen LogP contribution in [0.5, 0.6) is 0 Å². The average Bonchev–Trinajstić information content (AvgIpc) is 3.74. The predicted molar refractivity (Wildman–Crippen MR) is 377 cm³/mol. The Labute approximate surface area is 523 Å². The predicted octanol–water partition coefficient (Wildman–Crippen LogP) is 25.8. The molecule has 0 atom stereocenters. The Kier molecular flexibility index (Phi) is 32.1. The minimum absolute atomic E-state index is 0.768. The van der Waals surface area contributed by atoms with Crippen LogP contribution in [0.15, 0.2) is 184 Å². The Morgan fingerprint density at radius 1 is 0.294 bits per heavy atom. The largest absolute Gasteiger partial charge is 0.103 e. The molecule has 5 saturated carbocycles. The zero-order valence-electron chi connectivity index (χ0n) is 55.1. The van der Waals surface area contributed by atoms with Gasteiger partial charge in [0.2, 0.25) is 0 Å². The first-order valence-corrected chi connectivity index (χ1v) is 35.1. The Balaban J connectivity index is 0.000000171. The fourth-order valence-corrected chi connectivity index (χ4v) is 14.5. The summed E-state index contributed by atoms with van der Waals surface area (Å²) in [7, 11) is 0. The van der Waals surface area contributed by atoms with Crippen LogP contribution < -0.4 is 0 Å². The van der Waals surface area contributed by atoms with Crippen molar-refractivity contribution in [3.05, 3.63) is 240 Å². The van der Waals surface area contributed by atoms with Crippen molar-refractivity contribution in [2.45, 2.75) is 257 Å². The highest BCUT2D eigenvalue weighted by Gasteiger charge is 2.24. The van der Waals surface area contributed by atoms with Crippen molar-refractivity contribution in [3.8, 4) is 0 Å². The van der Waals surface area contributed by atoms with E-state index in [0.717, 1.165) is 59.2 Å². The summed E-state index contributed by atoms with van der Waals surface area (Å²) >= 11 is 0. The van der Waals surface area contributed by atoms with Crippen LogP contribution in [0.1, 0.15) is 280 Å². The number of hydrogen-bond donors (Lipinski definition) is 0. The lowest BCUT2D eigenvalue weighted by atomic mass is 9.78. The van der Waals surface area contributed by atoms with Crippen LogP contribution >= 0.6 is 0 Å². The van der Waals surface area contributed by atoms with E-state index in [4.69, 9.17) is 0 Å². The topological polar surface area (TPSA) is 0 Å². The van der Waals surface area contributed by atoms with Crippen LogP contribution in [0.4, 0.5) is 0 Å². The Morgan fingerprint density at radius 2 is 0.541 bits per heavy atom. The van der Waals surface area contributed by atoms with E-state index in [1.54, 1.807) is 22.3 Å². The molecular formula is C85H120. The van der Waals surface area contributed by atoms with Crippen molar-refractivity contribution in [2.75, 3.05) is 0 Å². The Bertz CT molecular complexity index is 2560. The van der Waals surface area contributed by atoms with Gasteiger partial charge in [0.05, 0.1) is 0 Å². The molecular weight excluding hydrogens is 1020 g/mol. The van der Waals surface area contributed by atoms with Gasteiger partial charge in [0, 0.05) is 0 Å². The number of allylic oxidation sites excluding steroid dienone is 6. The lowest BCUT2D eigenvalue weighted by Crippen LogP contribution is -2.11. The summed E-state index contributed by atoms with van der Waals surface area (Å²) in [6.45, 7) is 28.9. The molecule has 5 aromatic rings. The Hall–Kier alpha value is -5.20. The van der Waals surface area contributed by atoms with E-state index in [2.05, 4.69) is 226 Å². The summed E-state index contributed by atoms with van der Waals surface area (Å²) in [5, 5.41) is 0. The first-order chi connectivity index (χ1) is 41.6. The molecule has 0 heterocycles. The molecule has 5 aromatic carbocycles. The number of rotatable bonds is 19. The van der Waals surface area contributed by atoms with Gasteiger partial charge in [0.25, 0.3) is 0 Å². The van der Waals surface area contributed by atoms with Gasteiger partial charge in [-0.2, -0.15) is 0 Å². The number of benzene rings is 5. The van der Waals surface area contributed by atoms with Gasteiger partial charge in [0.15, 0.2) is 0 Å². The first kappa shape index (κ1) is 68.9. The molecule has 460 valence electrons. The third-order valence-electron chi connectivity index (χ3n) is 20.5. The van der Waals surface area contributed by atoms with Gasteiger partial charge in [-0.1, -0.05) is 215 Å². The SMILES string of the molecule is C/C=C/C1CCC(c2ccc(C)cc2)CC1.C=CC1CCC(c2ccc(C)cc2)CC1.C=CC1CCC(c2ccc(CCC)cc2)CC1.C=CC1CCC(c2ccc(CCCC)cc2)CC1.C=CC1CCC(c2ccc(CCCCC)cc2)CC1. The summed E-state index contributed by atoms with van der Waals surface area (Å²) in [6, 6.07) is 46.4. The maximum atomic E-state index is 3.93. The van der Waals surface area contributed by atoms with Crippen molar-refractivity contribution >= 4 is 0 Å². The van der Waals surface area contributed by atoms with Crippen LogP contribution in [0, 0.1) is 43.4 Å². The number of hydrogen-bond acceptors (Lipinski definition) is 0. The lowest BCUT2D eigenvalue weighted by molar-refractivity contribution is 0.375. The summed E-state index contributed by atoms with van der Waals surface area (Å²) < 4.78 is 0. The zero-order chi connectivity index (χ0) is 60.4. The second kappa shape index (κ2) is 39.6. The minimum atomic E-state index is 0.768. The van der Waals surface area contributed by atoms with Gasteiger partial charge < -0.3 is 0 Å². The van der Waals surface area contributed by atoms with E-state index >= 15 is 0 Å². The van der Waals surface area contributed by atoms with Crippen molar-refractivity contribution in [1.29, 1.82) is 0 Å². The summed E-state index contributed by atoms with van der Waals surface area (Å²) in [4.78, 5) is 0. The van der Waals surface area contributed by atoms with Gasteiger partial charge >= 0.3 is 0 Å². The van der Waals surface area contributed by atoms with Gasteiger partial charge in [-0.25, -0.2) is 0 Å². The van der Waals surface area contributed by atoms with Crippen LogP contribution in [0.25, 0.3) is 0 Å². The van der Waals surface area contributed by atoms with Crippen LogP contribution in [-0.4, -0.2) is 0 Å². The highest BCUT2D eigenvalue weighted by atomic mass is 14.3. The maximum absolute atomic E-state index is 3.93. The van der Waals surface area contributed by atoms with E-state index in [1.807, 2.05) is 0 Å². The third kappa shape index (κ3) is 24.5. The highest BCUT2D eigenvalue weighted by Crippen LogP contribution is 2.40. The van der Waals surface area contributed by atoms with E-state index in [1.165, 1.54) is 220 Å². The quantitative estimate of drug-likeness (QED) is 0.0571. The summed E-state index contributed by atoms with van der Waals surface area (Å²) in [5.74, 6) is 7.90. The first-order valence-electron chi connectivity index (χ1n) is 35.1. The monoisotopic (exact) mass is 1140 g/mol. The van der Waals surface area contributed by atoms with E-state index in [9.17, 15) is 0 Å². The van der Waals surface area contributed by atoms with Crippen molar-refractivity contribution in [1.82, 2.24) is 0 Å². The van der Waals surface area contributed by atoms with E-state index in [0.29, 0.717) is 0 Å². The fourth-order valence-electron chi connectivity index (χ4n) is 14.5. The Morgan fingerprint density at radius 3 is 0.788 bits per heavy atom. The van der Waals surface area contributed by atoms with E-state index < -0.39 is 0 Å². The molecule has 0 saturated heterocycles. The van der Waals surface area contributed by atoms with Crippen LogP contribution in [0.2, 0.25) is 0 Å². The second-order valence-electron chi connectivity index (χ2n) is 26.9. The second-order valence-corrected chi connectivity index (χ2v) is 26.9. The third-order valence-corrected chi connectivity index (χ3v) is 20.5. The molecule has 0 spiro atoms. The standard InChI is InChI=1S/C19H28.C18H26.C17H24.C16H22.C15H20/c1-3-5-6-7-17-10-14-19(15-11-17)18-12-8-16(4-2)9-13-18;1-3-5-6-16-9-13-18(14-10-16)17-11-7-15(4-2)8-12-17;1-3-5-15-8-12-17(13-9-15)16-10-6-14(4-2)7-11-16;1-3-4-14-7-11-16(12-8-14)15-9-5-13(2)6-10-15;1-3-13-6-10-15(11-7-13)14-8-4-12(2)5-9-14/h4,10-11,14-16,18H,2-3,5-9,12-13H2,1H3;4,9-10,13-15,17H,2-3,5-8,11-12H2,1H3;4,8-9,12-14,16H,2-3,5-7,10-11H2,1H3;3-6,9-10,14,16H,7-8,11-12H2,1-2H3;3-5,8-9,13,15H,1,6-7,10-11H2,2H3/b;;;4-3+;. The van der Waals surface area contributed by atoms with Crippen molar-refractivity contribution in [3.63, 3.8) is 0 Å². The van der Waals surface area contributed by atoms with Crippen molar-refractivity contribution in [2.24, 2.45) is 29.6 Å².